The molecule has 1 aliphatic rings. The molecule has 0 radical (unpaired) electrons. The summed E-state index contributed by atoms with van der Waals surface area (Å²) >= 11 is 0. The molecule has 4 aromatic rings. The Morgan fingerprint density at radius 1 is 1.07 bits per heavy atom. The third-order valence-electron chi connectivity index (χ3n) is 7.71. The number of aliphatic hydroxyl groups is 1. The summed E-state index contributed by atoms with van der Waals surface area (Å²) in [6.45, 7) is 5.44. The lowest BCUT2D eigenvalue weighted by molar-refractivity contribution is 0.0341. The van der Waals surface area contributed by atoms with E-state index in [4.69, 9.17) is 9.47 Å². The Hall–Kier alpha value is -4.73. The number of nitrogens with one attached hydrogen (secondary N) is 1. The molecule has 0 saturated carbocycles. The summed E-state index contributed by atoms with van der Waals surface area (Å²) in [4.78, 5) is 34.4. The van der Waals surface area contributed by atoms with Gasteiger partial charge in [0.05, 0.1) is 18.2 Å². The molecule has 3 atom stereocenters. The third-order valence-corrected chi connectivity index (χ3v) is 7.71. The van der Waals surface area contributed by atoms with Crippen LogP contribution >= 0.6 is 0 Å². The lowest BCUT2D eigenvalue weighted by Gasteiger charge is -2.38. The Bertz CT molecular complexity index is 1550. The second-order valence-corrected chi connectivity index (χ2v) is 11.3. The van der Waals surface area contributed by atoms with Gasteiger partial charge in [-0.3, -0.25) is 19.5 Å². The number of aliphatic hydroxyl groups excluding tert-OH is 1. The van der Waals surface area contributed by atoms with Gasteiger partial charge in [0, 0.05) is 49.2 Å². The summed E-state index contributed by atoms with van der Waals surface area (Å²) in [5, 5.41) is 12.8. The van der Waals surface area contributed by atoms with Crippen LogP contribution in [0.3, 0.4) is 0 Å². The lowest BCUT2D eigenvalue weighted by Crippen LogP contribution is -2.49. The van der Waals surface area contributed by atoms with Gasteiger partial charge in [0.15, 0.2) is 0 Å². The molecule has 2 N–H and O–H groups in total. The van der Waals surface area contributed by atoms with Crippen LogP contribution in [-0.4, -0.2) is 70.6 Å². The van der Waals surface area contributed by atoms with Crippen LogP contribution in [0.5, 0.6) is 17.2 Å². The number of carbonyl (C=O) groups excluding carboxylic acids is 2. The van der Waals surface area contributed by atoms with Gasteiger partial charge in [-0.25, -0.2) is 0 Å². The van der Waals surface area contributed by atoms with Crippen molar-refractivity contribution in [1.82, 2.24) is 14.8 Å². The highest BCUT2D eigenvalue weighted by molar-refractivity contribution is 6.05. The number of carbonyl (C=O) groups is 2. The molecule has 9 heteroatoms. The Morgan fingerprint density at radius 2 is 1.77 bits per heavy atom. The van der Waals surface area contributed by atoms with E-state index < -0.39 is 0 Å². The van der Waals surface area contributed by atoms with Crippen LogP contribution in [0.4, 0.5) is 5.69 Å². The van der Waals surface area contributed by atoms with E-state index in [0.717, 1.165) is 17.1 Å². The first-order chi connectivity index (χ1) is 21.3. The number of fused-ring (bicyclic) bond motifs is 1. The van der Waals surface area contributed by atoms with Crippen molar-refractivity contribution >= 4 is 17.5 Å². The standard InChI is InChI=1S/C35H38N4O5/c1-24-20-39(25(2)23-40)35(42)31-19-28(37-34(41)27-15-17-36-18-16-27)11-14-32(31)44-33(24)22-38(3)21-26-9-12-30(13-10-26)43-29-7-5-4-6-8-29/h4-19,24-25,33,40H,20-23H2,1-3H3,(H,37,41)/t24-,25+,33-/m0/s1. The summed E-state index contributed by atoms with van der Waals surface area (Å²) in [7, 11) is 2.04. The first kappa shape index (κ1) is 30.7. The van der Waals surface area contributed by atoms with Crippen molar-refractivity contribution in [2.45, 2.75) is 32.5 Å². The van der Waals surface area contributed by atoms with Crippen molar-refractivity contribution in [2.24, 2.45) is 5.92 Å². The Kier molecular flexibility index (Phi) is 9.89. The fourth-order valence-electron chi connectivity index (χ4n) is 5.20. The molecule has 44 heavy (non-hydrogen) atoms. The van der Waals surface area contributed by atoms with Gasteiger partial charge in [0.2, 0.25) is 0 Å². The number of amides is 2. The lowest BCUT2D eigenvalue weighted by atomic mass is 9.99. The highest BCUT2D eigenvalue weighted by Gasteiger charge is 2.33. The number of hydrogen-bond acceptors (Lipinski definition) is 7. The largest absolute Gasteiger partial charge is 0.488 e. The molecule has 1 aromatic heterocycles. The SMILES string of the molecule is C[C@H](CO)N1C[C@H](C)[C@H](CN(C)Cc2ccc(Oc3ccccc3)cc2)Oc2ccc(NC(=O)c3ccncc3)cc2C1=O. The summed E-state index contributed by atoms with van der Waals surface area (Å²) in [6.07, 6.45) is 2.86. The topological polar surface area (TPSA) is 104 Å². The van der Waals surface area contributed by atoms with Crippen molar-refractivity contribution < 1.29 is 24.2 Å². The number of para-hydroxylation sites is 1. The molecule has 228 valence electrons. The first-order valence-electron chi connectivity index (χ1n) is 14.7. The number of ether oxygens (including phenoxy) is 2. The maximum Gasteiger partial charge on any atom is 0.258 e. The fourth-order valence-corrected chi connectivity index (χ4v) is 5.20. The Balaban J connectivity index is 1.31. The van der Waals surface area contributed by atoms with Gasteiger partial charge in [-0.05, 0) is 74.1 Å². The van der Waals surface area contributed by atoms with Gasteiger partial charge in [-0.2, -0.15) is 0 Å². The summed E-state index contributed by atoms with van der Waals surface area (Å²) < 4.78 is 12.5. The third kappa shape index (κ3) is 7.61. The Morgan fingerprint density at radius 3 is 2.48 bits per heavy atom. The van der Waals surface area contributed by atoms with E-state index in [0.29, 0.717) is 42.2 Å². The number of aromatic nitrogens is 1. The number of pyridine rings is 1. The minimum Gasteiger partial charge on any atom is -0.488 e. The van der Waals surface area contributed by atoms with Gasteiger partial charge < -0.3 is 24.8 Å². The monoisotopic (exact) mass is 594 g/mol. The van der Waals surface area contributed by atoms with Crippen LogP contribution in [0.25, 0.3) is 0 Å². The normalized spacial score (nSPS) is 17.2. The van der Waals surface area contributed by atoms with E-state index in [1.807, 2.05) is 56.4 Å². The highest BCUT2D eigenvalue weighted by Crippen LogP contribution is 2.31. The van der Waals surface area contributed by atoms with E-state index >= 15 is 0 Å². The van der Waals surface area contributed by atoms with E-state index in [9.17, 15) is 14.7 Å². The number of likely N-dealkylation sites (N-methyl/N-ethyl adjacent to an activating group) is 1. The molecule has 0 unspecified atom stereocenters. The number of rotatable bonds is 10. The molecule has 1 aliphatic heterocycles. The van der Waals surface area contributed by atoms with E-state index in [1.54, 1.807) is 47.6 Å². The predicted molar refractivity (Wildman–Crippen MR) is 169 cm³/mol. The zero-order chi connectivity index (χ0) is 31.1. The van der Waals surface area contributed by atoms with Gasteiger partial charge in [-0.1, -0.05) is 37.3 Å². The van der Waals surface area contributed by atoms with Crippen LogP contribution in [0.2, 0.25) is 0 Å². The second-order valence-electron chi connectivity index (χ2n) is 11.3. The van der Waals surface area contributed by atoms with Crippen molar-refractivity contribution in [1.29, 1.82) is 0 Å². The molecular formula is C35H38N4O5. The average Bonchev–Trinajstić information content (AvgIpc) is 3.04. The molecular weight excluding hydrogens is 556 g/mol. The number of anilines is 1. The van der Waals surface area contributed by atoms with Crippen molar-refractivity contribution in [3.63, 3.8) is 0 Å². The summed E-state index contributed by atoms with van der Waals surface area (Å²) in [5.41, 5.74) is 2.40. The van der Waals surface area contributed by atoms with Crippen LogP contribution in [-0.2, 0) is 6.54 Å². The summed E-state index contributed by atoms with van der Waals surface area (Å²) in [5.74, 6) is 1.43. The van der Waals surface area contributed by atoms with Gasteiger partial charge >= 0.3 is 0 Å². The quantitative estimate of drug-likeness (QED) is 0.251. The molecule has 0 aliphatic carbocycles. The predicted octanol–water partition coefficient (Wildman–Crippen LogP) is 5.48. The van der Waals surface area contributed by atoms with Crippen LogP contribution in [0.15, 0.2) is 97.3 Å². The zero-order valence-corrected chi connectivity index (χ0v) is 25.2. The zero-order valence-electron chi connectivity index (χ0n) is 25.2. The molecule has 3 aromatic carbocycles. The summed E-state index contributed by atoms with van der Waals surface area (Å²) in [6, 6.07) is 25.7. The molecule has 9 nitrogen and oxygen atoms in total. The molecule has 0 fully saturated rings. The molecule has 0 bridgehead atoms. The van der Waals surface area contributed by atoms with E-state index in [-0.39, 0.29) is 36.5 Å². The van der Waals surface area contributed by atoms with E-state index in [2.05, 4.69) is 34.3 Å². The smallest absolute Gasteiger partial charge is 0.258 e. The van der Waals surface area contributed by atoms with Crippen LogP contribution in [0, 0.1) is 5.92 Å². The van der Waals surface area contributed by atoms with E-state index in [1.165, 1.54) is 0 Å². The first-order valence-corrected chi connectivity index (χ1v) is 14.7. The van der Waals surface area contributed by atoms with Crippen LogP contribution < -0.4 is 14.8 Å². The molecule has 0 spiro atoms. The van der Waals surface area contributed by atoms with Crippen molar-refractivity contribution in [3.05, 3.63) is 114 Å². The maximum absolute atomic E-state index is 13.7. The molecule has 2 heterocycles. The number of benzene rings is 3. The van der Waals surface area contributed by atoms with Crippen molar-refractivity contribution in [2.75, 3.05) is 32.1 Å². The highest BCUT2D eigenvalue weighted by atomic mass is 16.5. The second kappa shape index (κ2) is 14.2. The number of nitrogens with zero attached hydrogens (tertiary/aromatic N) is 3. The van der Waals surface area contributed by atoms with Gasteiger partial charge in [0.25, 0.3) is 11.8 Å². The maximum atomic E-state index is 13.7. The molecule has 2 amide bonds. The molecule has 0 saturated heterocycles. The number of hydrogen-bond donors (Lipinski definition) is 2. The van der Waals surface area contributed by atoms with Crippen molar-refractivity contribution in [3.8, 4) is 17.2 Å². The minimum absolute atomic E-state index is 0.0173. The average molecular weight is 595 g/mol. The Labute approximate surface area is 258 Å². The van der Waals surface area contributed by atoms with Crippen LogP contribution in [0.1, 0.15) is 40.1 Å². The minimum atomic E-state index is -0.388. The van der Waals surface area contributed by atoms with Gasteiger partial charge in [0.1, 0.15) is 23.4 Å². The fraction of sp³-hybridized carbons (Fsp3) is 0.286. The van der Waals surface area contributed by atoms with Gasteiger partial charge in [-0.15, -0.1) is 0 Å². The molecule has 5 rings (SSSR count).